The molecule has 0 bridgehead atoms. The van der Waals surface area contributed by atoms with E-state index in [0.29, 0.717) is 10.9 Å². The van der Waals surface area contributed by atoms with Gasteiger partial charge in [-0.25, -0.2) is 4.79 Å². The van der Waals surface area contributed by atoms with Crippen molar-refractivity contribution in [3.63, 3.8) is 0 Å². The Kier molecular flexibility index (Phi) is 6.01. The van der Waals surface area contributed by atoms with E-state index in [1.807, 2.05) is 12.1 Å². The van der Waals surface area contributed by atoms with Gasteiger partial charge in [0.1, 0.15) is 0 Å². The Morgan fingerprint density at radius 2 is 2.18 bits per heavy atom. The summed E-state index contributed by atoms with van der Waals surface area (Å²) < 4.78 is 4.99. The number of carbonyl (C=O) groups excluding carboxylic acids is 2. The molecule has 0 saturated carbocycles. The minimum Gasteiger partial charge on any atom is -0.452 e. The summed E-state index contributed by atoms with van der Waals surface area (Å²) in [4.78, 5) is 25.4. The molecule has 0 aliphatic carbocycles. The number of hydrogen-bond donors (Lipinski definition) is 0. The minimum atomic E-state index is -0.543. The molecule has 1 aliphatic heterocycles. The zero-order chi connectivity index (χ0) is 15.9. The number of nitrogens with zero attached hydrogens (tertiary/aromatic N) is 1. The summed E-state index contributed by atoms with van der Waals surface area (Å²) in [5.41, 5.74) is 0.734. The highest BCUT2D eigenvalue weighted by atomic mass is 35.5. The lowest BCUT2D eigenvalue weighted by Gasteiger charge is -2.30. The molecule has 1 aromatic rings. The molecule has 118 valence electrons. The van der Waals surface area contributed by atoms with Gasteiger partial charge in [0.25, 0.3) is 5.91 Å². The van der Waals surface area contributed by atoms with Crippen molar-refractivity contribution in [2.24, 2.45) is 5.92 Å². The third-order valence-electron chi connectivity index (χ3n) is 3.65. The molecule has 1 heterocycles. The number of esters is 1. The fraction of sp³-hybridized carbons (Fsp3) is 0.412. The Balaban J connectivity index is 1.80. The number of benzene rings is 1. The van der Waals surface area contributed by atoms with Crippen molar-refractivity contribution in [1.82, 2.24) is 4.90 Å². The molecular weight excluding hydrogens is 302 g/mol. The van der Waals surface area contributed by atoms with Crippen LogP contribution in [-0.4, -0.2) is 36.5 Å². The van der Waals surface area contributed by atoms with Crippen LogP contribution in [0.25, 0.3) is 6.08 Å². The number of ether oxygens (including phenoxy) is 1. The van der Waals surface area contributed by atoms with Crippen LogP contribution in [0.2, 0.25) is 5.02 Å². The number of likely N-dealkylation sites (tertiary alicyclic amines) is 1. The van der Waals surface area contributed by atoms with E-state index in [9.17, 15) is 9.59 Å². The maximum absolute atomic E-state index is 12.0. The van der Waals surface area contributed by atoms with Crippen LogP contribution in [0.5, 0.6) is 0 Å². The Morgan fingerprint density at radius 1 is 1.41 bits per heavy atom. The lowest BCUT2D eigenvalue weighted by Crippen LogP contribution is -2.41. The van der Waals surface area contributed by atoms with Crippen LogP contribution in [0.15, 0.2) is 30.3 Å². The first kappa shape index (κ1) is 16.6. The summed E-state index contributed by atoms with van der Waals surface area (Å²) in [6, 6.07) is 7.19. The largest absolute Gasteiger partial charge is 0.452 e. The molecule has 0 spiro atoms. The molecule has 1 fully saturated rings. The molecular formula is C17H20ClNO3. The molecule has 1 saturated heterocycles. The van der Waals surface area contributed by atoms with E-state index in [-0.39, 0.29) is 12.5 Å². The summed E-state index contributed by atoms with van der Waals surface area (Å²) in [7, 11) is 0. The Labute approximate surface area is 135 Å². The minimum absolute atomic E-state index is 0.133. The van der Waals surface area contributed by atoms with Crippen LogP contribution in [-0.2, 0) is 14.3 Å². The molecule has 1 amide bonds. The van der Waals surface area contributed by atoms with Crippen LogP contribution in [0, 0.1) is 5.92 Å². The third kappa shape index (κ3) is 4.88. The molecule has 1 aromatic carbocycles. The molecule has 5 heteroatoms. The maximum atomic E-state index is 12.0. The summed E-state index contributed by atoms with van der Waals surface area (Å²) in [5.74, 6) is -0.169. The number of amides is 1. The number of carbonyl (C=O) groups is 2. The second kappa shape index (κ2) is 7.99. The SMILES string of the molecule is CC1CCCN(C(=O)COC(=O)C=Cc2ccccc2Cl)C1. The van der Waals surface area contributed by atoms with Gasteiger partial charge in [0.2, 0.25) is 0 Å². The van der Waals surface area contributed by atoms with E-state index in [4.69, 9.17) is 16.3 Å². The average molecular weight is 322 g/mol. The van der Waals surface area contributed by atoms with Crippen molar-refractivity contribution < 1.29 is 14.3 Å². The second-order valence-corrected chi connectivity index (χ2v) is 5.96. The van der Waals surface area contributed by atoms with Crippen LogP contribution >= 0.6 is 11.6 Å². The first-order chi connectivity index (χ1) is 10.6. The Bertz CT molecular complexity index is 571. The van der Waals surface area contributed by atoms with Crippen molar-refractivity contribution in [2.75, 3.05) is 19.7 Å². The normalized spacial score (nSPS) is 18.5. The molecule has 0 aromatic heterocycles. The van der Waals surface area contributed by atoms with Crippen molar-refractivity contribution >= 4 is 29.6 Å². The molecule has 2 rings (SSSR count). The van der Waals surface area contributed by atoms with Gasteiger partial charge in [0, 0.05) is 24.2 Å². The van der Waals surface area contributed by atoms with Gasteiger partial charge in [-0.2, -0.15) is 0 Å². The average Bonchev–Trinajstić information content (AvgIpc) is 2.52. The first-order valence-corrected chi connectivity index (χ1v) is 7.81. The first-order valence-electron chi connectivity index (χ1n) is 7.43. The van der Waals surface area contributed by atoms with Crippen LogP contribution in [0.3, 0.4) is 0 Å². The summed E-state index contributed by atoms with van der Waals surface area (Å²) in [5, 5.41) is 0.560. The van der Waals surface area contributed by atoms with E-state index in [2.05, 4.69) is 6.92 Å². The molecule has 4 nitrogen and oxygen atoms in total. The fourth-order valence-electron chi connectivity index (χ4n) is 2.46. The van der Waals surface area contributed by atoms with E-state index >= 15 is 0 Å². The van der Waals surface area contributed by atoms with Gasteiger partial charge in [-0.1, -0.05) is 36.7 Å². The standard InChI is InChI=1S/C17H20ClNO3/c1-13-5-4-10-19(11-13)16(20)12-22-17(21)9-8-14-6-2-3-7-15(14)18/h2-3,6-9,13H,4-5,10-12H2,1H3. The van der Waals surface area contributed by atoms with Crippen molar-refractivity contribution in [2.45, 2.75) is 19.8 Å². The molecule has 0 N–H and O–H groups in total. The number of rotatable bonds is 4. The Morgan fingerprint density at radius 3 is 2.91 bits per heavy atom. The highest BCUT2D eigenvalue weighted by Crippen LogP contribution is 2.17. The molecule has 22 heavy (non-hydrogen) atoms. The summed E-state index contributed by atoms with van der Waals surface area (Å²) >= 11 is 5.99. The van der Waals surface area contributed by atoms with E-state index in [1.54, 1.807) is 23.1 Å². The second-order valence-electron chi connectivity index (χ2n) is 5.55. The summed E-state index contributed by atoms with van der Waals surface area (Å²) in [6.07, 6.45) is 5.02. The van der Waals surface area contributed by atoms with E-state index in [1.165, 1.54) is 6.08 Å². The smallest absolute Gasteiger partial charge is 0.331 e. The lowest BCUT2D eigenvalue weighted by molar-refractivity contribution is -0.149. The lowest BCUT2D eigenvalue weighted by atomic mass is 10.0. The van der Waals surface area contributed by atoms with Crippen LogP contribution < -0.4 is 0 Å². The van der Waals surface area contributed by atoms with E-state index < -0.39 is 5.97 Å². The molecule has 1 atom stereocenters. The quantitative estimate of drug-likeness (QED) is 0.632. The van der Waals surface area contributed by atoms with E-state index in [0.717, 1.165) is 31.5 Å². The zero-order valence-corrected chi connectivity index (χ0v) is 13.4. The topological polar surface area (TPSA) is 46.6 Å². The maximum Gasteiger partial charge on any atom is 0.331 e. The van der Waals surface area contributed by atoms with Crippen molar-refractivity contribution in [3.8, 4) is 0 Å². The Hall–Kier alpha value is -1.81. The van der Waals surface area contributed by atoms with Gasteiger partial charge in [-0.15, -0.1) is 0 Å². The monoisotopic (exact) mass is 321 g/mol. The molecule has 1 unspecified atom stereocenters. The third-order valence-corrected chi connectivity index (χ3v) is 4.00. The fourth-order valence-corrected chi connectivity index (χ4v) is 2.66. The van der Waals surface area contributed by atoms with Gasteiger partial charge < -0.3 is 9.64 Å². The van der Waals surface area contributed by atoms with Gasteiger partial charge in [-0.05, 0) is 36.5 Å². The number of piperidine rings is 1. The highest BCUT2D eigenvalue weighted by Gasteiger charge is 2.21. The molecule has 1 aliphatic rings. The summed E-state index contributed by atoms with van der Waals surface area (Å²) in [6.45, 7) is 3.40. The predicted molar refractivity (Wildman–Crippen MR) is 86.4 cm³/mol. The van der Waals surface area contributed by atoms with Crippen LogP contribution in [0.4, 0.5) is 0 Å². The predicted octanol–water partition coefficient (Wildman–Crippen LogP) is 3.15. The number of halogens is 1. The van der Waals surface area contributed by atoms with Crippen LogP contribution in [0.1, 0.15) is 25.3 Å². The zero-order valence-electron chi connectivity index (χ0n) is 12.6. The van der Waals surface area contributed by atoms with Crippen molar-refractivity contribution in [1.29, 1.82) is 0 Å². The van der Waals surface area contributed by atoms with Gasteiger partial charge in [0.05, 0.1) is 0 Å². The van der Waals surface area contributed by atoms with Gasteiger partial charge in [0.15, 0.2) is 6.61 Å². The highest BCUT2D eigenvalue weighted by molar-refractivity contribution is 6.32. The number of hydrogen-bond acceptors (Lipinski definition) is 3. The van der Waals surface area contributed by atoms with Gasteiger partial charge in [-0.3, -0.25) is 4.79 Å². The van der Waals surface area contributed by atoms with Gasteiger partial charge >= 0.3 is 5.97 Å². The molecule has 0 radical (unpaired) electrons. The van der Waals surface area contributed by atoms with Crippen molar-refractivity contribution in [3.05, 3.63) is 40.9 Å².